The van der Waals surface area contributed by atoms with Gasteiger partial charge in [-0.25, -0.2) is 4.98 Å². The van der Waals surface area contributed by atoms with Crippen LogP contribution in [0.1, 0.15) is 35.7 Å². The molecule has 0 unspecified atom stereocenters. The van der Waals surface area contributed by atoms with Crippen LogP contribution in [0, 0.1) is 0 Å². The zero-order valence-electron chi connectivity index (χ0n) is 14.9. The SMILES string of the molecule is CCc1ccccc1NC(=O)CSc1ccc(C(=O)N2CCCC2)cn1. The Morgan fingerprint density at radius 1 is 1.15 bits per heavy atom. The van der Waals surface area contributed by atoms with E-state index in [4.69, 9.17) is 0 Å². The van der Waals surface area contributed by atoms with Crippen LogP contribution in [0.4, 0.5) is 5.69 Å². The summed E-state index contributed by atoms with van der Waals surface area (Å²) in [6.45, 7) is 3.72. The summed E-state index contributed by atoms with van der Waals surface area (Å²) < 4.78 is 0. The number of likely N-dealkylation sites (tertiary alicyclic amines) is 1. The standard InChI is InChI=1S/C20H23N3O2S/c1-2-15-7-3-4-8-17(15)22-18(24)14-26-19-10-9-16(13-21-19)20(25)23-11-5-6-12-23/h3-4,7-10,13H,2,5-6,11-12,14H2,1H3,(H,22,24). The molecule has 1 aromatic heterocycles. The van der Waals surface area contributed by atoms with Crippen molar-refractivity contribution < 1.29 is 9.59 Å². The van der Waals surface area contributed by atoms with Gasteiger partial charge in [0, 0.05) is 25.0 Å². The van der Waals surface area contributed by atoms with Crippen LogP contribution in [-0.2, 0) is 11.2 Å². The third-order valence-electron chi connectivity index (χ3n) is 4.40. The molecular weight excluding hydrogens is 346 g/mol. The van der Waals surface area contributed by atoms with E-state index in [1.807, 2.05) is 29.2 Å². The predicted octanol–water partition coefficient (Wildman–Crippen LogP) is 3.61. The lowest BCUT2D eigenvalue weighted by Crippen LogP contribution is -2.27. The molecule has 5 nitrogen and oxygen atoms in total. The topological polar surface area (TPSA) is 62.3 Å². The number of anilines is 1. The smallest absolute Gasteiger partial charge is 0.255 e. The molecular formula is C20H23N3O2S. The molecule has 136 valence electrons. The number of thioether (sulfide) groups is 1. The first-order valence-corrected chi connectivity index (χ1v) is 9.92. The number of aromatic nitrogens is 1. The number of nitrogens with one attached hydrogen (secondary N) is 1. The zero-order chi connectivity index (χ0) is 18.4. The van der Waals surface area contributed by atoms with Crippen molar-refractivity contribution in [2.24, 2.45) is 0 Å². The van der Waals surface area contributed by atoms with E-state index in [-0.39, 0.29) is 17.6 Å². The summed E-state index contributed by atoms with van der Waals surface area (Å²) in [5, 5.41) is 3.69. The first kappa shape index (κ1) is 18.5. The van der Waals surface area contributed by atoms with Crippen LogP contribution in [-0.4, -0.2) is 40.5 Å². The third kappa shape index (κ3) is 4.64. The quantitative estimate of drug-likeness (QED) is 0.790. The average Bonchev–Trinajstić information content (AvgIpc) is 3.21. The molecule has 1 aliphatic heterocycles. The Labute approximate surface area is 158 Å². The van der Waals surface area contributed by atoms with Gasteiger partial charge < -0.3 is 10.2 Å². The van der Waals surface area contributed by atoms with Gasteiger partial charge in [0.1, 0.15) is 0 Å². The first-order valence-electron chi connectivity index (χ1n) is 8.93. The van der Waals surface area contributed by atoms with Gasteiger partial charge in [-0.1, -0.05) is 36.9 Å². The molecule has 0 saturated carbocycles. The van der Waals surface area contributed by atoms with Crippen molar-refractivity contribution in [3.8, 4) is 0 Å². The van der Waals surface area contributed by atoms with Crippen LogP contribution in [0.25, 0.3) is 0 Å². The fraction of sp³-hybridized carbons (Fsp3) is 0.350. The summed E-state index contributed by atoms with van der Waals surface area (Å²) in [6, 6.07) is 11.4. The van der Waals surface area contributed by atoms with E-state index in [0.717, 1.165) is 48.6 Å². The van der Waals surface area contributed by atoms with Crippen molar-refractivity contribution >= 4 is 29.3 Å². The highest BCUT2D eigenvalue weighted by molar-refractivity contribution is 7.99. The molecule has 2 aromatic rings. The van der Waals surface area contributed by atoms with E-state index >= 15 is 0 Å². The molecule has 1 aromatic carbocycles. The molecule has 2 amide bonds. The predicted molar refractivity (Wildman–Crippen MR) is 105 cm³/mol. The summed E-state index contributed by atoms with van der Waals surface area (Å²) in [4.78, 5) is 30.7. The number of para-hydroxylation sites is 1. The van der Waals surface area contributed by atoms with Crippen molar-refractivity contribution in [3.63, 3.8) is 0 Å². The van der Waals surface area contributed by atoms with Crippen molar-refractivity contribution in [1.82, 2.24) is 9.88 Å². The van der Waals surface area contributed by atoms with Crippen LogP contribution in [0.5, 0.6) is 0 Å². The molecule has 6 heteroatoms. The van der Waals surface area contributed by atoms with Crippen LogP contribution in [0.15, 0.2) is 47.6 Å². The molecule has 0 radical (unpaired) electrons. The van der Waals surface area contributed by atoms with E-state index in [9.17, 15) is 9.59 Å². The van der Waals surface area contributed by atoms with Crippen molar-refractivity contribution in [2.45, 2.75) is 31.2 Å². The zero-order valence-corrected chi connectivity index (χ0v) is 15.7. The number of hydrogen-bond donors (Lipinski definition) is 1. The number of amides is 2. The Hall–Kier alpha value is -2.34. The van der Waals surface area contributed by atoms with Crippen molar-refractivity contribution in [3.05, 3.63) is 53.7 Å². The van der Waals surface area contributed by atoms with E-state index in [1.165, 1.54) is 11.8 Å². The van der Waals surface area contributed by atoms with Crippen LogP contribution in [0.2, 0.25) is 0 Å². The Kier molecular flexibility index (Phi) is 6.28. The highest BCUT2D eigenvalue weighted by atomic mass is 32.2. The lowest BCUT2D eigenvalue weighted by molar-refractivity contribution is -0.113. The number of hydrogen-bond acceptors (Lipinski definition) is 4. The van der Waals surface area contributed by atoms with Gasteiger partial charge in [0.2, 0.25) is 5.91 Å². The molecule has 1 fully saturated rings. The maximum atomic E-state index is 12.3. The molecule has 0 spiro atoms. The van der Waals surface area contributed by atoms with Gasteiger partial charge in [-0.15, -0.1) is 0 Å². The number of aryl methyl sites for hydroxylation is 1. The first-order chi connectivity index (χ1) is 12.7. The highest BCUT2D eigenvalue weighted by Gasteiger charge is 2.19. The van der Waals surface area contributed by atoms with E-state index < -0.39 is 0 Å². The number of benzene rings is 1. The van der Waals surface area contributed by atoms with Gasteiger partial charge in [-0.05, 0) is 43.0 Å². The Bertz CT molecular complexity index is 771. The van der Waals surface area contributed by atoms with Gasteiger partial charge in [-0.3, -0.25) is 9.59 Å². The van der Waals surface area contributed by atoms with Gasteiger partial charge in [-0.2, -0.15) is 0 Å². The number of pyridine rings is 1. The van der Waals surface area contributed by atoms with Gasteiger partial charge in [0.25, 0.3) is 5.91 Å². The second-order valence-corrected chi connectivity index (χ2v) is 7.23. The molecule has 1 aliphatic rings. The fourth-order valence-electron chi connectivity index (χ4n) is 2.97. The van der Waals surface area contributed by atoms with Crippen LogP contribution in [0.3, 0.4) is 0 Å². The van der Waals surface area contributed by atoms with Crippen LogP contribution >= 0.6 is 11.8 Å². The number of carbonyl (C=O) groups excluding carboxylic acids is 2. The summed E-state index contributed by atoms with van der Waals surface area (Å²) >= 11 is 1.37. The third-order valence-corrected chi connectivity index (χ3v) is 5.34. The molecule has 26 heavy (non-hydrogen) atoms. The minimum atomic E-state index is -0.0603. The Morgan fingerprint density at radius 2 is 1.92 bits per heavy atom. The molecule has 1 N–H and O–H groups in total. The molecule has 2 heterocycles. The molecule has 0 aliphatic carbocycles. The van der Waals surface area contributed by atoms with E-state index in [1.54, 1.807) is 18.3 Å². The second kappa shape index (κ2) is 8.85. The number of carbonyl (C=O) groups is 2. The van der Waals surface area contributed by atoms with Gasteiger partial charge >= 0.3 is 0 Å². The molecule has 1 saturated heterocycles. The van der Waals surface area contributed by atoms with Crippen LogP contribution < -0.4 is 5.32 Å². The number of rotatable bonds is 6. The monoisotopic (exact) mass is 369 g/mol. The molecule has 0 atom stereocenters. The second-order valence-electron chi connectivity index (χ2n) is 6.23. The molecule has 3 rings (SSSR count). The Morgan fingerprint density at radius 3 is 2.62 bits per heavy atom. The fourth-order valence-corrected chi connectivity index (χ4v) is 3.61. The summed E-state index contributed by atoms with van der Waals surface area (Å²) in [7, 11) is 0. The van der Waals surface area contributed by atoms with E-state index in [2.05, 4.69) is 17.2 Å². The van der Waals surface area contributed by atoms with E-state index in [0.29, 0.717) is 5.56 Å². The van der Waals surface area contributed by atoms with Gasteiger partial charge in [0.05, 0.1) is 16.3 Å². The van der Waals surface area contributed by atoms with Crippen molar-refractivity contribution in [2.75, 3.05) is 24.2 Å². The number of nitrogens with zero attached hydrogens (tertiary/aromatic N) is 2. The largest absolute Gasteiger partial charge is 0.339 e. The normalized spacial score (nSPS) is 13.7. The summed E-state index contributed by atoms with van der Waals surface area (Å²) in [5.74, 6) is 0.264. The van der Waals surface area contributed by atoms with Crippen molar-refractivity contribution in [1.29, 1.82) is 0 Å². The highest BCUT2D eigenvalue weighted by Crippen LogP contribution is 2.19. The maximum Gasteiger partial charge on any atom is 0.255 e. The van der Waals surface area contributed by atoms with Gasteiger partial charge in [0.15, 0.2) is 0 Å². The lowest BCUT2D eigenvalue weighted by Gasteiger charge is -2.14. The average molecular weight is 369 g/mol. The molecule has 0 bridgehead atoms. The minimum Gasteiger partial charge on any atom is -0.339 e. The Balaban J connectivity index is 1.53. The maximum absolute atomic E-state index is 12.3. The summed E-state index contributed by atoms with van der Waals surface area (Å²) in [6.07, 6.45) is 4.62. The lowest BCUT2D eigenvalue weighted by atomic mass is 10.1. The minimum absolute atomic E-state index is 0.0421. The summed E-state index contributed by atoms with van der Waals surface area (Å²) in [5.41, 5.74) is 2.59.